The monoisotopic (exact) mass is 648 g/mol. The van der Waals surface area contributed by atoms with Gasteiger partial charge in [-0.25, -0.2) is 0 Å². The Bertz CT molecular complexity index is 2810. The molecular weight excluding hydrogens is 615 g/mol. The van der Waals surface area contributed by atoms with Crippen LogP contribution in [0.15, 0.2) is 170 Å². The molecule has 0 fully saturated rings. The first kappa shape index (κ1) is 28.5. The quantitative estimate of drug-likeness (QED) is 0.189. The fourth-order valence-electron chi connectivity index (χ4n) is 9.50. The first-order valence-corrected chi connectivity index (χ1v) is 17.9. The average Bonchev–Trinajstić information content (AvgIpc) is 3.58. The Morgan fingerprint density at radius 2 is 1.24 bits per heavy atom. The van der Waals surface area contributed by atoms with Crippen LogP contribution in [0, 0.1) is 6.92 Å². The maximum Gasteiger partial charge on any atom is 0.198 e. The van der Waals surface area contributed by atoms with Gasteiger partial charge in [0.15, 0.2) is 7.28 Å². The van der Waals surface area contributed by atoms with E-state index in [-0.39, 0.29) is 0 Å². The van der Waals surface area contributed by atoms with Crippen LogP contribution in [0.4, 0.5) is 17.1 Å². The van der Waals surface area contributed by atoms with Gasteiger partial charge in [-0.3, -0.25) is 0 Å². The number of benzene rings is 8. The lowest BCUT2D eigenvalue weighted by atomic mass is 9.54. The van der Waals surface area contributed by atoms with Crippen molar-refractivity contribution in [2.45, 2.75) is 12.3 Å². The molecule has 0 saturated carbocycles. The standard InChI is InChI=1S/C48H33BN2/c1-30-28-37(35-20-12-21-36-44-34-19-9-8-14-31(34)26-27-41(44)50-46(35)36)45-43(29-30)51-42-25-11-10-22-38(42)48(32-15-4-2-5-16-32,33-17-6-3-7-18-33)39-23-13-24-40(49-45)47(39)51/h2-29,49-50H,1H3. The van der Waals surface area contributed by atoms with Crippen molar-refractivity contribution < 1.29 is 0 Å². The molecule has 238 valence electrons. The van der Waals surface area contributed by atoms with E-state index in [9.17, 15) is 0 Å². The maximum atomic E-state index is 3.88. The summed E-state index contributed by atoms with van der Waals surface area (Å²) in [6, 6.07) is 63.1. The van der Waals surface area contributed by atoms with Gasteiger partial charge >= 0.3 is 0 Å². The minimum Gasteiger partial charge on any atom is -0.354 e. The largest absolute Gasteiger partial charge is 0.354 e. The second-order valence-corrected chi connectivity index (χ2v) is 14.2. The van der Waals surface area contributed by atoms with E-state index in [1.54, 1.807) is 0 Å². The van der Waals surface area contributed by atoms with Crippen LogP contribution >= 0.6 is 0 Å². The Morgan fingerprint density at radius 1 is 0.549 bits per heavy atom. The number of anilines is 3. The predicted octanol–water partition coefficient (Wildman–Crippen LogP) is 10.3. The summed E-state index contributed by atoms with van der Waals surface area (Å²) in [5, 5.41) is 5.12. The van der Waals surface area contributed by atoms with Crippen LogP contribution < -0.4 is 15.8 Å². The summed E-state index contributed by atoms with van der Waals surface area (Å²) in [5.41, 5.74) is 17.4. The number of aryl methyl sites for hydroxylation is 1. The van der Waals surface area contributed by atoms with Gasteiger partial charge in [0, 0.05) is 33.2 Å². The van der Waals surface area contributed by atoms with Crippen LogP contribution in [-0.4, -0.2) is 12.3 Å². The van der Waals surface area contributed by atoms with Crippen LogP contribution in [0.3, 0.4) is 0 Å². The highest BCUT2D eigenvalue weighted by Gasteiger charge is 2.48. The van der Waals surface area contributed by atoms with E-state index < -0.39 is 5.41 Å². The first-order chi connectivity index (χ1) is 25.2. The van der Waals surface area contributed by atoms with Gasteiger partial charge in [-0.2, -0.15) is 0 Å². The lowest BCUT2D eigenvalue weighted by Gasteiger charge is -2.49. The SMILES string of the molecule is Cc1cc(-c2cccc3c2[nH]c2ccc4ccccc4c23)c2c(c1)N1c3ccccc3C(c3ccccc3)(c3ccccc3)c3cccc(c31)B2. The van der Waals surface area contributed by atoms with E-state index in [4.69, 9.17) is 0 Å². The molecule has 2 nitrogen and oxygen atoms in total. The molecule has 8 aromatic carbocycles. The van der Waals surface area contributed by atoms with E-state index in [1.807, 2.05) is 0 Å². The smallest absolute Gasteiger partial charge is 0.198 e. The molecule has 0 amide bonds. The zero-order valence-electron chi connectivity index (χ0n) is 28.3. The van der Waals surface area contributed by atoms with Crippen molar-refractivity contribution in [3.05, 3.63) is 198 Å². The molecule has 51 heavy (non-hydrogen) atoms. The molecule has 0 aliphatic carbocycles. The molecule has 3 heterocycles. The predicted molar refractivity (Wildman–Crippen MR) is 216 cm³/mol. The van der Waals surface area contributed by atoms with E-state index >= 15 is 0 Å². The van der Waals surface area contributed by atoms with E-state index in [0.717, 1.165) is 7.28 Å². The number of fused-ring (bicyclic) bond motifs is 9. The Kier molecular flexibility index (Phi) is 5.92. The number of H-pyrrole nitrogens is 1. The van der Waals surface area contributed by atoms with Gasteiger partial charge < -0.3 is 9.88 Å². The number of nitrogens with one attached hydrogen (secondary N) is 1. The Morgan fingerprint density at radius 3 is 2.06 bits per heavy atom. The fraction of sp³-hybridized carbons (Fsp3) is 0.0417. The number of para-hydroxylation sites is 3. The number of nitrogens with zero attached hydrogens (tertiary/aromatic N) is 1. The molecule has 0 spiro atoms. The zero-order chi connectivity index (χ0) is 33.7. The number of aromatic nitrogens is 1. The van der Waals surface area contributed by atoms with Crippen molar-refractivity contribution >= 4 is 67.8 Å². The van der Waals surface area contributed by atoms with Gasteiger partial charge in [0.05, 0.1) is 16.6 Å². The second-order valence-electron chi connectivity index (χ2n) is 14.2. The van der Waals surface area contributed by atoms with Gasteiger partial charge in [0.2, 0.25) is 0 Å². The van der Waals surface area contributed by atoms with Crippen LogP contribution in [-0.2, 0) is 5.41 Å². The lowest BCUT2D eigenvalue weighted by Crippen LogP contribution is -2.47. The molecule has 0 bridgehead atoms. The van der Waals surface area contributed by atoms with Crippen LogP contribution in [0.2, 0.25) is 0 Å². The molecule has 0 unspecified atom stereocenters. The Labute approximate surface area is 297 Å². The molecule has 0 saturated heterocycles. The minimum absolute atomic E-state index is 0.468. The van der Waals surface area contributed by atoms with Crippen molar-refractivity contribution in [3.63, 3.8) is 0 Å². The highest BCUT2D eigenvalue weighted by atomic mass is 15.2. The normalized spacial score (nSPS) is 13.9. The average molecular weight is 649 g/mol. The first-order valence-electron chi connectivity index (χ1n) is 17.9. The summed E-state index contributed by atoms with van der Waals surface area (Å²) in [6.45, 7) is 2.25. The molecule has 9 aromatic rings. The van der Waals surface area contributed by atoms with E-state index in [0.29, 0.717) is 0 Å². The van der Waals surface area contributed by atoms with Crippen LogP contribution in [0.1, 0.15) is 27.8 Å². The topological polar surface area (TPSA) is 19.0 Å². The summed E-state index contributed by atoms with van der Waals surface area (Å²) >= 11 is 0. The summed E-state index contributed by atoms with van der Waals surface area (Å²) in [4.78, 5) is 6.46. The Balaban J connectivity index is 1.21. The highest BCUT2D eigenvalue weighted by molar-refractivity contribution is 6.73. The summed E-state index contributed by atoms with van der Waals surface area (Å²) < 4.78 is 0. The van der Waals surface area contributed by atoms with Gasteiger partial charge in [-0.1, -0.05) is 157 Å². The Hall–Kier alpha value is -6.32. The van der Waals surface area contributed by atoms with Crippen molar-refractivity contribution in [3.8, 4) is 11.1 Å². The molecule has 0 radical (unpaired) electrons. The third-order valence-electron chi connectivity index (χ3n) is 11.5. The zero-order valence-corrected chi connectivity index (χ0v) is 28.3. The summed E-state index contributed by atoms with van der Waals surface area (Å²) in [7, 11) is 0.853. The molecule has 2 aliphatic rings. The molecule has 1 aromatic heterocycles. The summed E-state index contributed by atoms with van der Waals surface area (Å²) in [6.07, 6.45) is 0. The maximum absolute atomic E-state index is 3.88. The molecule has 3 heteroatoms. The lowest BCUT2D eigenvalue weighted by molar-refractivity contribution is 0.732. The van der Waals surface area contributed by atoms with Crippen molar-refractivity contribution in [2.24, 2.45) is 0 Å². The number of aromatic amines is 1. The van der Waals surface area contributed by atoms with E-state index in [2.05, 4.69) is 187 Å². The number of hydrogen-bond acceptors (Lipinski definition) is 1. The minimum atomic E-state index is -0.468. The summed E-state index contributed by atoms with van der Waals surface area (Å²) in [5.74, 6) is 0. The van der Waals surface area contributed by atoms with Crippen molar-refractivity contribution in [1.82, 2.24) is 4.98 Å². The molecule has 2 aliphatic heterocycles. The van der Waals surface area contributed by atoms with Gasteiger partial charge in [-0.15, -0.1) is 0 Å². The number of rotatable bonds is 3. The third kappa shape index (κ3) is 3.84. The van der Waals surface area contributed by atoms with Gasteiger partial charge in [0.1, 0.15) is 0 Å². The van der Waals surface area contributed by atoms with E-state index in [1.165, 1.54) is 99.5 Å². The van der Waals surface area contributed by atoms with Crippen LogP contribution in [0.5, 0.6) is 0 Å². The second kappa shape index (κ2) is 10.6. The molecule has 1 N–H and O–H groups in total. The van der Waals surface area contributed by atoms with Gasteiger partial charge in [0.25, 0.3) is 0 Å². The molecular formula is C48H33BN2. The highest BCUT2D eigenvalue weighted by Crippen LogP contribution is 2.57. The number of hydrogen-bond donors (Lipinski definition) is 1. The van der Waals surface area contributed by atoms with Crippen molar-refractivity contribution in [2.75, 3.05) is 4.90 Å². The van der Waals surface area contributed by atoms with Gasteiger partial charge in [-0.05, 0) is 74.7 Å². The molecule has 11 rings (SSSR count). The third-order valence-corrected chi connectivity index (χ3v) is 11.5. The fourth-order valence-corrected chi connectivity index (χ4v) is 9.50. The molecule has 0 atom stereocenters. The van der Waals surface area contributed by atoms with Crippen molar-refractivity contribution in [1.29, 1.82) is 0 Å². The van der Waals surface area contributed by atoms with Crippen LogP contribution in [0.25, 0.3) is 43.7 Å².